The van der Waals surface area contributed by atoms with Crippen LogP contribution in [0.3, 0.4) is 0 Å². The van der Waals surface area contributed by atoms with Gasteiger partial charge in [0.05, 0.1) is 4.92 Å². The summed E-state index contributed by atoms with van der Waals surface area (Å²) < 4.78 is 0. The van der Waals surface area contributed by atoms with Crippen molar-refractivity contribution in [3.05, 3.63) is 69.3 Å². The quantitative estimate of drug-likeness (QED) is 0.674. The molecule has 1 amide bonds. The maximum Gasteiger partial charge on any atom is 0.269 e. The molecule has 1 N–H and O–H groups in total. The van der Waals surface area contributed by atoms with Gasteiger partial charge >= 0.3 is 0 Å². The molecule has 0 spiro atoms. The second-order valence-corrected chi connectivity index (χ2v) is 5.97. The molecule has 0 bridgehead atoms. The van der Waals surface area contributed by atoms with Crippen LogP contribution in [-0.4, -0.2) is 29.8 Å². The Labute approximate surface area is 141 Å². The molecule has 0 unspecified atom stereocenters. The van der Waals surface area contributed by atoms with Crippen molar-refractivity contribution in [1.82, 2.24) is 4.90 Å². The molecule has 0 saturated carbocycles. The molecule has 24 heavy (non-hydrogen) atoms. The van der Waals surface area contributed by atoms with E-state index in [2.05, 4.69) is 5.32 Å². The van der Waals surface area contributed by atoms with Gasteiger partial charge < -0.3 is 5.32 Å². The molecule has 0 fully saturated rings. The van der Waals surface area contributed by atoms with E-state index in [1.807, 2.05) is 32.0 Å². The van der Waals surface area contributed by atoms with E-state index >= 15 is 0 Å². The zero-order chi connectivity index (χ0) is 17.9. The lowest BCUT2D eigenvalue weighted by Crippen LogP contribution is -2.32. The molecule has 0 radical (unpaired) electrons. The number of nitrogens with one attached hydrogen (secondary N) is 1. The van der Waals surface area contributed by atoms with Gasteiger partial charge in [-0.1, -0.05) is 30.3 Å². The van der Waals surface area contributed by atoms with Gasteiger partial charge in [-0.25, -0.2) is 0 Å². The maximum absolute atomic E-state index is 12.8. The van der Waals surface area contributed by atoms with E-state index < -0.39 is 11.0 Å². The normalized spacial score (nSPS) is 12.0. The molecule has 0 aliphatic heterocycles. The molecule has 0 aliphatic carbocycles. The van der Waals surface area contributed by atoms with Crippen LogP contribution < -0.4 is 5.32 Å². The van der Waals surface area contributed by atoms with Gasteiger partial charge in [0.15, 0.2) is 0 Å². The number of nitro groups is 1. The first-order valence-corrected chi connectivity index (χ1v) is 7.59. The minimum atomic E-state index is -0.537. The van der Waals surface area contributed by atoms with Crippen molar-refractivity contribution < 1.29 is 9.72 Å². The van der Waals surface area contributed by atoms with E-state index in [0.29, 0.717) is 5.56 Å². The SMILES string of the molecule is Cc1cccc(C)c1NC(=O)[C@@H](c1ccc([N+](=O)[O-])cc1)N(C)C. The molecule has 0 aromatic heterocycles. The summed E-state index contributed by atoms with van der Waals surface area (Å²) in [6, 6.07) is 11.4. The Bertz CT molecular complexity index is 734. The smallest absolute Gasteiger partial charge is 0.269 e. The molecule has 0 aliphatic rings. The Morgan fingerprint density at radius 3 is 2.08 bits per heavy atom. The average Bonchev–Trinajstić information content (AvgIpc) is 2.51. The fourth-order valence-electron chi connectivity index (χ4n) is 2.67. The second-order valence-electron chi connectivity index (χ2n) is 5.97. The Kier molecular flexibility index (Phi) is 5.31. The first-order valence-electron chi connectivity index (χ1n) is 7.59. The Balaban J connectivity index is 2.30. The minimum absolute atomic E-state index is 0.00594. The van der Waals surface area contributed by atoms with Crippen molar-refractivity contribution in [3.63, 3.8) is 0 Å². The highest BCUT2D eigenvalue weighted by Gasteiger charge is 2.24. The van der Waals surface area contributed by atoms with Gasteiger partial charge in [-0.2, -0.15) is 0 Å². The summed E-state index contributed by atoms with van der Waals surface area (Å²) in [5, 5.41) is 13.8. The molecule has 2 rings (SSSR count). The highest BCUT2D eigenvalue weighted by atomic mass is 16.6. The third kappa shape index (κ3) is 3.78. The van der Waals surface area contributed by atoms with E-state index in [9.17, 15) is 14.9 Å². The summed E-state index contributed by atoms with van der Waals surface area (Å²) in [4.78, 5) is 24.9. The third-order valence-electron chi connectivity index (χ3n) is 3.91. The summed E-state index contributed by atoms with van der Waals surface area (Å²) in [5.74, 6) is -0.175. The number of non-ortho nitro benzene ring substituents is 1. The summed E-state index contributed by atoms with van der Waals surface area (Å²) >= 11 is 0. The van der Waals surface area contributed by atoms with Crippen LogP contribution >= 0.6 is 0 Å². The van der Waals surface area contributed by atoms with Gasteiger partial charge in [-0.05, 0) is 44.6 Å². The molecule has 2 aromatic carbocycles. The molecule has 0 saturated heterocycles. The van der Waals surface area contributed by atoms with Crippen LogP contribution in [0, 0.1) is 24.0 Å². The Morgan fingerprint density at radius 2 is 1.62 bits per heavy atom. The van der Waals surface area contributed by atoms with Crippen LogP contribution in [0.5, 0.6) is 0 Å². The number of carbonyl (C=O) groups excluding carboxylic acids is 1. The minimum Gasteiger partial charge on any atom is -0.324 e. The van der Waals surface area contributed by atoms with Crippen molar-refractivity contribution in [2.75, 3.05) is 19.4 Å². The van der Waals surface area contributed by atoms with Crippen LogP contribution in [0.25, 0.3) is 0 Å². The lowest BCUT2D eigenvalue weighted by atomic mass is 10.0. The fourth-order valence-corrected chi connectivity index (χ4v) is 2.67. The number of hydrogen-bond donors (Lipinski definition) is 1. The lowest BCUT2D eigenvalue weighted by molar-refractivity contribution is -0.384. The molecule has 1 atom stereocenters. The predicted molar refractivity (Wildman–Crippen MR) is 94.1 cm³/mol. The predicted octanol–water partition coefficient (Wildman–Crippen LogP) is 3.45. The van der Waals surface area contributed by atoms with Crippen LogP contribution in [0.4, 0.5) is 11.4 Å². The zero-order valence-electron chi connectivity index (χ0n) is 14.2. The highest BCUT2D eigenvalue weighted by molar-refractivity contribution is 5.96. The van der Waals surface area contributed by atoms with Gasteiger partial charge in [0.2, 0.25) is 5.91 Å². The second kappa shape index (κ2) is 7.23. The summed E-state index contributed by atoms with van der Waals surface area (Å²) in [7, 11) is 3.60. The summed E-state index contributed by atoms with van der Waals surface area (Å²) in [5.41, 5.74) is 3.49. The first-order chi connectivity index (χ1) is 11.3. The molecule has 2 aromatic rings. The number of para-hydroxylation sites is 1. The van der Waals surface area contributed by atoms with Gasteiger partial charge in [-0.15, -0.1) is 0 Å². The van der Waals surface area contributed by atoms with Crippen molar-refractivity contribution in [2.24, 2.45) is 0 Å². The van der Waals surface area contributed by atoms with Crippen LogP contribution in [0.2, 0.25) is 0 Å². The average molecular weight is 327 g/mol. The topological polar surface area (TPSA) is 75.5 Å². The van der Waals surface area contributed by atoms with Crippen molar-refractivity contribution in [1.29, 1.82) is 0 Å². The molecule has 126 valence electrons. The van der Waals surface area contributed by atoms with Crippen LogP contribution in [0.1, 0.15) is 22.7 Å². The highest BCUT2D eigenvalue weighted by Crippen LogP contribution is 2.25. The number of rotatable bonds is 5. The Hall–Kier alpha value is -2.73. The van der Waals surface area contributed by atoms with E-state index in [1.165, 1.54) is 12.1 Å². The van der Waals surface area contributed by atoms with Crippen LogP contribution in [0.15, 0.2) is 42.5 Å². The number of aryl methyl sites for hydroxylation is 2. The number of benzene rings is 2. The molecular weight excluding hydrogens is 306 g/mol. The largest absolute Gasteiger partial charge is 0.324 e. The number of likely N-dealkylation sites (N-methyl/N-ethyl adjacent to an activating group) is 1. The zero-order valence-corrected chi connectivity index (χ0v) is 14.2. The molecule has 6 nitrogen and oxygen atoms in total. The monoisotopic (exact) mass is 327 g/mol. The lowest BCUT2D eigenvalue weighted by Gasteiger charge is -2.24. The number of anilines is 1. The maximum atomic E-state index is 12.8. The summed E-state index contributed by atoms with van der Waals surface area (Å²) in [6.45, 7) is 3.89. The summed E-state index contributed by atoms with van der Waals surface area (Å²) in [6.07, 6.45) is 0. The van der Waals surface area contributed by atoms with E-state index in [4.69, 9.17) is 0 Å². The van der Waals surface area contributed by atoms with Gasteiger partial charge in [0.25, 0.3) is 5.69 Å². The van der Waals surface area contributed by atoms with Crippen LogP contribution in [-0.2, 0) is 4.79 Å². The van der Waals surface area contributed by atoms with Gasteiger partial charge in [0, 0.05) is 17.8 Å². The fraction of sp³-hybridized carbons (Fsp3) is 0.278. The first kappa shape index (κ1) is 17.6. The van der Waals surface area contributed by atoms with E-state index in [1.54, 1.807) is 31.1 Å². The number of amides is 1. The number of nitrogens with zero attached hydrogens (tertiary/aromatic N) is 2. The number of hydrogen-bond acceptors (Lipinski definition) is 4. The van der Waals surface area contributed by atoms with E-state index in [-0.39, 0.29) is 11.6 Å². The van der Waals surface area contributed by atoms with Gasteiger partial charge in [-0.3, -0.25) is 19.8 Å². The Morgan fingerprint density at radius 1 is 1.08 bits per heavy atom. The van der Waals surface area contributed by atoms with Crippen molar-refractivity contribution >= 4 is 17.3 Å². The van der Waals surface area contributed by atoms with Crippen molar-refractivity contribution in [3.8, 4) is 0 Å². The van der Waals surface area contributed by atoms with Gasteiger partial charge in [0.1, 0.15) is 6.04 Å². The molecule has 6 heteroatoms. The molecular formula is C18H21N3O3. The van der Waals surface area contributed by atoms with E-state index in [0.717, 1.165) is 16.8 Å². The standard InChI is InChI=1S/C18H21N3O3/c1-12-6-5-7-13(2)16(12)19-18(22)17(20(3)4)14-8-10-15(11-9-14)21(23)24/h5-11,17H,1-4H3,(H,19,22)/t17-/m1/s1. The third-order valence-corrected chi connectivity index (χ3v) is 3.91. The van der Waals surface area contributed by atoms with Crippen molar-refractivity contribution in [2.45, 2.75) is 19.9 Å². The molecule has 0 heterocycles. The number of nitro benzene ring substituents is 1. The number of carbonyl (C=O) groups is 1.